The lowest BCUT2D eigenvalue weighted by molar-refractivity contribution is 0.460. The second kappa shape index (κ2) is 9.03. The Morgan fingerprint density at radius 3 is 2.35 bits per heavy atom. The molecule has 0 spiro atoms. The Labute approximate surface area is 169 Å². The number of aromatic nitrogens is 1. The van der Waals surface area contributed by atoms with Crippen LogP contribution in [0.1, 0.15) is 20.3 Å². The van der Waals surface area contributed by atoms with Gasteiger partial charge in [-0.3, -0.25) is 4.55 Å². The van der Waals surface area contributed by atoms with Crippen molar-refractivity contribution in [1.82, 2.24) is 4.98 Å². The van der Waals surface area contributed by atoms with Crippen LogP contribution >= 0.6 is 31.9 Å². The molecule has 140 valence electrons. The van der Waals surface area contributed by atoms with Crippen LogP contribution in [0.5, 0.6) is 0 Å². The summed E-state index contributed by atoms with van der Waals surface area (Å²) in [5.74, 6) is 0.449. The number of nitrogens with zero attached hydrogens (tertiary/aromatic N) is 4. The van der Waals surface area contributed by atoms with E-state index in [1.807, 2.05) is 13.0 Å². The van der Waals surface area contributed by atoms with Gasteiger partial charge >= 0.3 is 0 Å². The van der Waals surface area contributed by atoms with Crippen LogP contribution in [0, 0.1) is 0 Å². The van der Waals surface area contributed by atoms with Crippen LogP contribution < -0.4 is 4.90 Å². The summed E-state index contributed by atoms with van der Waals surface area (Å²) >= 11 is 6.69. The van der Waals surface area contributed by atoms with Gasteiger partial charge in [0, 0.05) is 22.9 Å². The third-order valence-electron chi connectivity index (χ3n) is 3.61. The maximum absolute atomic E-state index is 11.6. The minimum atomic E-state index is -4.17. The first-order valence-corrected chi connectivity index (χ1v) is 10.9. The largest absolute Gasteiger partial charge is 0.353 e. The highest BCUT2D eigenvalue weighted by Gasteiger charge is 2.27. The van der Waals surface area contributed by atoms with E-state index < -0.39 is 15.5 Å². The quantitative estimate of drug-likeness (QED) is 0.397. The van der Waals surface area contributed by atoms with Gasteiger partial charge in [0.25, 0.3) is 10.1 Å². The second-order valence-corrected chi connectivity index (χ2v) is 8.68. The molecule has 0 aliphatic carbocycles. The van der Waals surface area contributed by atoms with Crippen LogP contribution in [0.15, 0.2) is 55.7 Å². The first kappa shape index (κ1) is 20.9. The average Bonchev–Trinajstić information content (AvgIpc) is 2.58. The number of hydrogen-bond acceptors (Lipinski definition) is 6. The molecule has 0 radical (unpaired) electrons. The van der Waals surface area contributed by atoms with Gasteiger partial charge in [0.05, 0.1) is 10.2 Å². The molecule has 1 unspecified atom stereocenters. The molecule has 0 bridgehead atoms. The fourth-order valence-corrected chi connectivity index (χ4v) is 4.52. The topological polar surface area (TPSA) is 95.2 Å². The highest BCUT2D eigenvalue weighted by Crippen LogP contribution is 2.28. The molecular formula is C16H18Br2N4O3S. The molecule has 0 saturated heterocycles. The minimum absolute atomic E-state index is 0.275. The van der Waals surface area contributed by atoms with E-state index in [1.54, 1.807) is 42.3 Å². The summed E-state index contributed by atoms with van der Waals surface area (Å²) in [6.45, 7) is 3.99. The Balaban J connectivity index is 2.22. The van der Waals surface area contributed by atoms with Crippen molar-refractivity contribution in [1.29, 1.82) is 0 Å². The van der Waals surface area contributed by atoms with Crippen LogP contribution in [0.2, 0.25) is 0 Å². The first-order chi connectivity index (χ1) is 12.3. The molecular weight excluding hydrogens is 488 g/mol. The van der Waals surface area contributed by atoms with Gasteiger partial charge in [0.2, 0.25) is 0 Å². The van der Waals surface area contributed by atoms with Crippen molar-refractivity contribution >= 4 is 59.2 Å². The van der Waals surface area contributed by atoms with Crippen LogP contribution in [-0.4, -0.2) is 29.9 Å². The number of azo groups is 1. The van der Waals surface area contributed by atoms with Gasteiger partial charge in [-0.25, -0.2) is 4.98 Å². The van der Waals surface area contributed by atoms with E-state index in [4.69, 9.17) is 0 Å². The highest BCUT2D eigenvalue weighted by molar-refractivity contribution is 9.11. The van der Waals surface area contributed by atoms with Crippen molar-refractivity contribution in [3.05, 3.63) is 45.5 Å². The van der Waals surface area contributed by atoms with Gasteiger partial charge in [-0.05, 0) is 75.5 Å². The maximum atomic E-state index is 11.6. The minimum Gasteiger partial charge on any atom is -0.353 e. The Morgan fingerprint density at radius 2 is 1.85 bits per heavy atom. The average molecular weight is 506 g/mol. The van der Waals surface area contributed by atoms with Gasteiger partial charge in [-0.2, -0.15) is 8.42 Å². The SMILES string of the molecule is CCC(N(CC)c1ccc(N=Nc2ncc(Br)cc2Br)cc1)S(=O)(=O)O. The first-order valence-electron chi connectivity index (χ1n) is 7.82. The van der Waals surface area contributed by atoms with Gasteiger partial charge in [0.1, 0.15) is 0 Å². The van der Waals surface area contributed by atoms with E-state index in [0.29, 0.717) is 28.2 Å². The van der Waals surface area contributed by atoms with Crippen LogP contribution in [0.25, 0.3) is 0 Å². The van der Waals surface area contributed by atoms with E-state index in [2.05, 4.69) is 47.1 Å². The zero-order chi connectivity index (χ0) is 19.3. The van der Waals surface area contributed by atoms with Gasteiger partial charge in [-0.15, -0.1) is 10.2 Å². The van der Waals surface area contributed by atoms with Crippen molar-refractivity contribution < 1.29 is 13.0 Å². The number of pyridine rings is 1. The predicted octanol–water partition coefficient (Wildman–Crippen LogP) is 5.47. The summed E-state index contributed by atoms with van der Waals surface area (Å²) in [5.41, 5.74) is 1.28. The van der Waals surface area contributed by atoms with Crippen molar-refractivity contribution in [3.63, 3.8) is 0 Å². The summed E-state index contributed by atoms with van der Waals surface area (Å²) in [6.07, 6.45) is 1.90. The number of hydrogen-bond donors (Lipinski definition) is 1. The van der Waals surface area contributed by atoms with Crippen molar-refractivity contribution in [3.8, 4) is 0 Å². The Hall–Kier alpha value is -1.36. The smallest absolute Gasteiger partial charge is 0.286 e. The molecule has 0 aliphatic rings. The molecule has 2 rings (SSSR count). The summed E-state index contributed by atoms with van der Waals surface area (Å²) in [7, 11) is -4.17. The molecule has 26 heavy (non-hydrogen) atoms. The van der Waals surface area contributed by atoms with Gasteiger partial charge in [-0.1, -0.05) is 6.92 Å². The summed E-state index contributed by atoms with van der Waals surface area (Å²) in [5, 5.41) is 7.25. The highest BCUT2D eigenvalue weighted by atomic mass is 79.9. The van der Waals surface area contributed by atoms with E-state index in [9.17, 15) is 13.0 Å². The van der Waals surface area contributed by atoms with E-state index in [1.165, 1.54) is 0 Å². The van der Waals surface area contributed by atoms with E-state index in [-0.39, 0.29) is 6.42 Å². The number of halogens is 2. The molecule has 1 atom stereocenters. The zero-order valence-corrected chi connectivity index (χ0v) is 18.2. The van der Waals surface area contributed by atoms with E-state index >= 15 is 0 Å². The lowest BCUT2D eigenvalue weighted by Gasteiger charge is -2.29. The third kappa shape index (κ3) is 5.32. The molecule has 0 saturated carbocycles. The molecule has 0 aliphatic heterocycles. The molecule has 0 amide bonds. The number of anilines is 1. The molecule has 1 aromatic heterocycles. The van der Waals surface area contributed by atoms with Crippen molar-refractivity contribution in [2.45, 2.75) is 25.6 Å². The summed E-state index contributed by atoms with van der Waals surface area (Å²) < 4.78 is 34.1. The maximum Gasteiger partial charge on any atom is 0.286 e. The molecule has 10 heteroatoms. The standard InChI is InChI=1S/C16H18Br2N4O3S/c1-3-15(26(23,24)25)22(4-2)13-7-5-12(6-8-13)20-21-16-14(18)9-11(17)10-19-16/h5-10,15H,3-4H2,1-2H3,(H,23,24,25). The Kier molecular flexibility index (Phi) is 7.27. The van der Waals surface area contributed by atoms with Crippen molar-refractivity contribution in [2.24, 2.45) is 10.2 Å². The number of benzene rings is 1. The summed E-state index contributed by atoms with van der Waals surface area (Å²) in [6, 6.07) is 8.77. The van der Waals surface area contributed by atoms with Crippen LogP contribution in [-0.2, 0) is 10.1 Å². The van der Waals surface area contributed by atoms with Crippen LogP contribution in [0.3, 0.4) is 0 Å². The molecule has 1 aromatic carbocycles. The zero-order valence-electron chi connectivity index (χ0n) is 14.2. The predicted molar refractivity (Wildman–Crippen MR) is 109 cm³/mol. The van der Waals surface area contributed by atoms with Gasteiger partial charge < -0.3 is 4.90 Å². The Morgan fingerprint density at radius 1 is 1.19 bits per heavy atom. The number of rotatable bonds is 7. The monoisotopic (exact) mass is 504 g/mol. The fourth-order valence-electron chi connectivity index (χ4n) is 2.44. The molecule has 0 fully saturated rings. The Bertz CT molecular complexity index is 889. The van der Waals surface area contributed by atoms with E-state index in [0.717, 1.165) is 4.47 Å². The third-order valence-corrected chi connectivity index (χ3v) is 5.90. The lowest BCUT2D eigenvalue weighted by Crippen LogP contribution is -2.40. The molecule has 2 aromatic rings. The fraction of sp³-hybridized carbons (Fsp3) is 0.312. The second-order valence-electron chi connectivity index (χ2n) is 5.34. The molecule has 1 heterocycles. The molecule has 7 nitrogen and oxygen atoms in total. The van der Waals surface area contributed by atoms with Gasteiger partial charge in [0.15, 0.2) is 11.2 Å². The summed E-state index contributed by atoms with van der Waals surface area (Å²) in [4.78, 5) is 5.78. The molecule has 1 N–H and O–H groups in total. The van der Waals surface area contributed by atoms with Crippen LogP contribution in [0.4, 0.5) is 17.2 Å². The lowest BCUT2D eigenvalue weighted by atomic mass is 10.2. The normalized spacial score (nSPS) is 13.1. The van der Waals surface area contributed by atoms with Crippen molar-refractivity contribution in [2.75, 3.05) is 11.4 Å².